The van der Waals surface area contributed by atoms with Crippen molar-refractivity contribution >= 4 is 55.1 Å². The van der Waals surface area contributed by atoms with E-state index in [1.165, 1.54) is 23.1 Å². The topological polar surface area (TPSA) is 95.3 Å². The third kappa shape index (κ3) is 5.16. The van der Waals surface area contributed by atoms with E-state index in [0.717, 1.165) is 27.1 Å². The number of amides is 1. The summed E-state index contributed by atoms with van der Waals surface area (Å²) in [7, 11) is 3.17. The maximum Gasteiger partial charge on any atom is 0.272 e. The van der Waals surface area contributed by atoms with E-state index in [-0.39, 0.29) is 17.2 Å². The second-order valence-corrected chi connectivity index (χ2v) is 10.3. The second-order valence-electron chi connectivity index (χ2n) is 8.31. The molecule has 37 heavy (non-hydrogen) atoms. The Labute approximate surface area is 221 Å². The van der Waals surface area contributed by atoms with Gasteiger partial charge in [0.25, 0.3) is 5.56 Å². The molecule has 0 saturated heterocycles. The van der Waals surface area contributed by atoms with E-state index in [2.05, 4.69) is 10.3 Å². The van der Waals surface area contributed by atoms with Gasteiger partial charge >= 0.3 is 0 Å². The van der Waals surface area contributed by atoms with Crippen LogP contribution in [0.4, 0.5) is 5.69 Å². The Morgan fingerprint density at radius 1 is 1.11 bits per heavy atom. The Balaban J connectivity index is 1.49. The highest BCUT2D eigenvalue weighted by Crippen LogP contribution is 2.31. The van der Waals surface area contributed by atoms with Crippen molar-refractivity contribution in [3.63, 3.8) is 0 Å². The summed E-state index contributed by atoms with van der Waals surface area (Å²) in [6.45, 7) is 2.25. The first-order valence-corrected chi connectivity index (χ1v) is 13.3. The minimum Gasteiger partial charge on any atom is -0.497 e. The predicted molar refractivity (Wildman–Crippen MR) is 148 cm³/mol. The summed E-state index contributed by atoms with van der Waals surface area (Å²) in [4.78, 5) is 36.5. The number of ether oxygens (including phenoxy) is 2. The zero-order valence-corrected chi connectivity index (χ0v) is 22.1. The molecular formula is C27H24N4O4S2. The van der Waals surface area contributed by atoms with Crippen molar-refractivity contribution in [2.75, 3.05) is 25.3 Å². The lowest BCUT2D eigenvalue weighted by Gasteiger charge is -2.13. The number of thiophene rings is 1. The Bertz CT molecular complexity index is 1660. The molecule has 0 spiro atoms. The van der Waals surface area contributed by atoms with Crippen molar-refractivity contribution in [3.8, 4) is 11.5 Å². The Morgan fingerprint density at radius 2 is 1.92 bits per heavy atom. The maximum atomic E-state index is 13.7. The Morgan fingerprint density at radius 3 is 2.68 bits per heavy atom. The zero-order chi connectivity index (χ0) is 25.9. The lowest BCUT2D eigenvalue weighted by Crippen LogP contribution is -2.24. The van der Waals surface area contributed by atoms with E-state index in [1.54, 1.807) is 25.0 Å². The number of hydrogen-bond donors (Lipinski definition) is 1. The van der Waals surface area contributed by atoms with Gasteiger partial charge in [-0.2, -0.15) is 0 Å². The SMILES string of the molecule is COc1ccc(Cn2c(SCC(=O)Nc3cc(C)ccc3OC)nc3c(sc4ncccc43)c2=O)cc1. The molecule has 0 radical (unpaired) electrons. The minimum absolute atomic E-state index is 0.0674. The van der Waals surface area contributed by atoms with Crippen LogP contribution in [-0.2, 0) is 11.3 Å². The fourth-order valence-corrected chi connectivity index (χ4v) is 5.76. The molecule has 5 rings (SSSR count). The first-order valence-electron chi connectivity index (χ1n) is 11.4. The summed E-state index contributed by atoms with van der Waals surface area (Å²) in [6, 6.07) is 16.9. The van der Waals surface area contributed by atoms with Crippen LogP contribution in [0.15, 0.2) is 70.7 Å². The largest absolute Gasteiger partial charge is 0.497 e. The number of rotatable bonds is 8. The van der Waals surface area contributed by atoms with Gasteiger partial charge in [-0.15, -0.1) is 11.3 Å². The van der Waals surface area contributed by atoms with Gasteiger partial charge in [-0.3, -0.25) is 14.2 Å². The molecule has 0 fully saturated rings. The number of aryl methyl sites for hydroxylation is 1. The molecule has 0 aliphatic rings. The third-order valence-electron chi connectivity index (χ3n) is 5.78. The second kappa shape index (κ2) is 10.6. The summed E-state index contributed by atoms with van der Waals surface area (Å²) in [6.07, 6.45) is 1.70. The first-order chi connectivity index (χ1) is 18.0. The third-order valence-corrected chi connectivity index (χ3v) is 7.85. The van der Waals surface area contributed by atoms with E-state index in [0.29, 0.717) is 33.4 Å². The van der Waals surface area contributed by atoms with Crippen LogP contribution in [0.1, 0.15) is 11.1 Å². The van der Waals surface area contributed by atoms with Crippen LogP contribution >= 0.6 is 23.1 Å². The summed E-state index contributed by atoms with van der Waals surface area (Å²) in [5, 5.41) is 4.20. The van der Waals surface area contributed by atoms with E-state index in [4.69, 9.17) is 14.5 Å². The average molecular weight is 533 g/mol. The van der Waals surface area contributed by atoms with E-state index < -0.39 is 0 Å². The van der Waals surface area contributed by atoms with Crippen molar-refractivity contribution in [2.45, 2.75) is 18.6 Å². The van der Waals surface area contributed by atoms with Crippen LogP contribution in [0.25, 0.3) is 20.4 Å². The average Bonchev–Trinajstić information content (AvgIpc) is 3.29. The molecule has 1 amide bonds. The highest BCUT2D eigenvalue weighted by atomic mass is 32.2. The zero-order valence-electron chi connectivity index (χ0n) is 20.5. The van der Waals surface area contributed by atoms with Gasteiger partial charge in [0.1, 0.15) is 21.0 Å². The Hall–Kier alpha value is -3.89. The number of thioether (sulfide) groups is 1. The molecule has 0 atom stereocenters. The molecule has 3 aromatic heterocycles. The molecule has 8 nitrogen and oxygen atoms in total. The van der Waals surface area contributed by atoms with Gasteiger partial charge in [-0.25, -0.2) is 9.97 Å². The lowest BCUT2D eigenvalue weighted by atomic mass is 10.2. The maximum absolute atomic E-state index is 13.7. The van der Waals surface area contributed by atoms with Crippen LogP contribution in [0.5, 0.6) is 11.5 Å². The number of anilines is 1. The fraction of sp³-hybridized carbons (Fsp3) is 0.185. The number of hydrogen-bond acceptors (Lipinski definition) is 8. The molecule has 2 aromatic carbocycles. The van der Waals surface area contributed by atoms with Gasteiger partial charge < -0.3 is 14.8 Å². The van der Waals surface area contributed by atoms with Crippen LogP contribution in [-0.4, -0.2) is 40.4 Å². The van der Waals surface area contributed by atoms with E-state index >= 15 is 0 Å². The van der Waals surface area contributed by atoms with Gasteiger partial charge in [-0.1, -0.05) is 30.0 Å². The summed E-state index contributed by atoms with van der Waals surface area (Å²) in [5.41, 5.74) is 2.96. The molecule has 1 N–H and O–H groups in total. The van der Waals surface area contributed by atoms with E-state index in [1.807, 2.05) is 61.5 Å². The quantitative estimate of drug-likeness (QED) is 0.219. The van der Waals surface area contributed by atoms with Gasteiger partial charge in [0.2, 0.25) is 5.91 Å². The highest BCUT2D eigenvalue weighted by molar-refractivity contribution is 7.99. The van der Waals surface area contributed by atoms with Gasteiger partial charge in [0.05, 0.1) is 37.7 Å². The van der Waals surface area contributed by atoms with Crippen LogP contribution < -0.4 is 20.3 Å². The van der Waals surface area contributed by atoms with Crippen molar-refractivity contribution in [2.24, 2.45) is 0 Å². The van der Waals surface area contributed by atoms with Gasteiger partial charge in [0.15, 0.2) is 5.16 Å². The molecule has 0 unspecified atom stereocenters. The van der Waals surface area contributed by atoms with Gasteiger partial charge in [-0.05, 0) is 54.4 Å². The van der Waals surface area contributed by atoms with Gasteiger partial charge in [0, 0.05) is 11.6 Å². The molecule has 0 bridgehead atoms. The van der Waals surface area contributed by atoms with Crippen LogP contribution in [0, 0.1) is 6.92 Å². The standard InChI is InChI=1S/C27H24N4O4S2/c1-16-6-11-21(35-3)20(13-16)29-22(32)15-36-27-30-23-19-5-4-12-28-25(19)37-24(23)26(33)31(27)14-17-7-9-18(34-2)10-8-17/h4-13H,14-15H2,1-3H3,(H,29,32). The molecule has 10 heteroatoms. The molecular weight excluding hydrogens is 508 g/mol. The molecule has 0 saturated carbocycles. The smallest absolute Gasteiger partial charge is 0.272 e. The predicted octanol–water partition coefficient (Wildman–Crippen LogP) is 5.11. The fourth-order valence-electron chi connectivity index (χ4n) is 3.94. The van der Waals surface area contributed by atoms with E-state index in [9.17, 15) is 9.59 Å². The normalized spacial score (nSPS) is 11.1. The monoisotopic (exact) mass is 532 g/mol. The van der Waals surface area contributed by atoms with Crippen LogP contribution in [0.3, 0.4) is 0 Å². The number of pyridine rings is 1. The molecule has 3 heterocycles. The molecule has 188 valence electrons. The number of nitrogens with one attached hydrogen (secondary N) is 1. The number of benzene rings is 2. The van der Waals surface area contributed by atoms with Crippen molar-refractivity contribution < 1.29 is 14.3 Å². The lowest BCUT2D eigenvalue weighted by molar-refractivity contribution is -0.113. The van der Waals surface area contributed by atoms with Crippen LogP contribution in [0.2, 0.25) is 0 Å². The first kappa shape index (κ1) is 24.8. The van der Waals surface area contributed by atoms with Crippen molar-refractivity contribution in [3.05, 3.63) is 82.3 Å². The number of aromatic nitrogens is 3. The number of carbonyl (C=O) groups is 1. The highest BCUT2D eigenvalue weighted by Gasteiger charge is 2.18. The molecule has 0 aliphatic heterocycles. The summed E-state index contributed by atoms with van der Waals surface area (Å²) in [5.74, 6) is 1.16. The Kier molecular flexibility index (Phi) is 7.11. The number of carbonyl (C=O) groups excluding carboxylic acids is 1. The molecule has 0 aliphatic carbocycles. The van der Waals surface area contributed by atoms with Crippen molar-refractivity contribution in [1.82, 2.24) is 14.5 Å². The number of methoxy groups -OCH3 is 2. The van der Waals surface area contributed by atoms with Crippen molar-refractivity contribution in [1.29, 1.82) is 0 Å². The summed E-state index contributed by atoms with van der Waals surface area (Å²) >= 11 is 2.55. The minimum atomic E-state index is -0.226. The number of nitrogens with zero attached hydrogens (tertiary/aromatic N) is 3. The summed E-state index contributed by atoms with van der Waals surface area (Å²) < 4.78 is 12.8. The molecule has 5 aromatic rings. The number of fused-ring (bicyclic) bond motifs is 3.